The van der Waals surface area contributed by atoms with Crippen molar-refractivity contribution in [1.82, 2.24) is 19.9 Å². The molecule has 4 rings (SSSR count). The van der Waals surface area contributed by atoms with Crippen LogP contribution in [0.25, 0.3) is 11.2 Å². The largest absolute Gasteiger partial charge is 0.343 e. The normalized spacial score (nSPS) is 15.4. The molecule has 1 aliphatic rings. The second-order valence-corrected chi connectivity index (χ2v) is 6.45. The first-order valence-electron chi connectivity index (χ1n) is 8.70. The third-order valence-corrected chi connectivity index (χ3v) is 4.64. The number of nitrogens with zero attached hydrogens (tertiary/aromatic N) is 3. The molecule has 1 aliphatic heterocycles. The Morgan fingerprint density at radius 3 is 2.68 bits per heavy atom. The maximum atomic E-state index is 12.5. The molecule has 6 heteroatoms. The zero-order valence-electron chi connectivity index (χ0n) is 14.0. The van der Waals surface area contributed by atoms with Crippen LogP contribution >= 0.6 is 0 Å². The number of pyridine rings is 1. The molecule has 25 heavy (non-hydrogen) atoms. The van der Waals surface area contributed by atoms with Crippen LogP contribution in [0.1, 0.15) is 35.2 Å². The van der Waals surface area contributed by atoms with E-state index in [1.807, 2.05) is 12.1 Å². The molecular formula is C19H21N5O. The highest BCUT2D eigenvalue weighted by Gasteiger charge is 2.13. The molecule has 0 spiro atoms. The molecule has 0 radical (unpaired) electrons. The molecule has 2 N–H and O–H groups in total. The zero-order valence-corrected chi connectivity index (χ0v) is 14.0. The Balaban J connectivity index is 1.44. The van der Waals surface area contributed by atoms with Crippen molar-refractivity contribution >= 4 is 22.8 Å². The lowest BCUT2D eigenvalue weighted by Crippen LogP contribution is -2.29. The van der Waals surface area contributed by atoms with Crippen molar-refractivity contribution in [1.29, 1.82) is 0 Å². The van der Waals surface area contributed by atoms with Gasteiger partial charge in [-0.2, -0.15) is 0 Å². The number of H-pyrrole nitrogens is 1. The zero-order chi connectivity index (χ0) is 17.1. The van der Waals surface area contributed by atoms with Crippen LogP contribution in [-0.4, -0.2) is 38.8 Å². The number of anilines is 1. The van der Waals surface area contributed by atoms with E-state index in [1.165, 1.54) is 37.9 Å². The van der Waals surface area contributed by atoms with Gasteiger partial charge in [0, 0.05) is 18.4 Å². The summed E-state index contributed by atoms with van der Waals surface area (Å²) in [7, 11) is 0. The third-order valence-electron chi connectivity index (χ3n) is 4.64. The van der Waals surface area contributed by atoms with E-state index in [9.17, 15) is 4.79 Å². The summed E-state index contributed by atoms with van der Waals surface area (Å²) in [5.74, 6) is -0.166. The van der Waals surface area contributed by atoms with Crippen molar-refractivity contribution < 1.29 is 4.79 Å². The lowest BCUT2D eigenvalue weighted by atomic mass is 10.1. The number of hydrogen-bond acceptors (Lipinski definition) is 4. The number of carbonyl (C=O) groups is 1. The number of rotatable bonds is 4. The summed E-state index contributed by atoms with van der Waals surface area (Å²) >= 11 is 0. The number of aromatic nitrogens is 3. The van der Waals surface area contributed by atoms with Crippen LogP contribution in [0.4, 0.5) is 5.69 Å². The summed E-state index contributed by atoms with van der Waals surface area (Å²) in [6.07, 6.45) is 7.08. The third kappa shape index (κ3) is 3.53. The number of likely N-dealkylation sites (tertiary alicyclic amines) is 1. The van der Waals surface area contributed by atoms with E-state index in [4.69, 9.17) is 0 Å². The van der Waals surface area contributed by atoms with Crippen LogP contribution in [0.5, 0.6) is 0 Å². The van der Waals surface area contributed by atoms with E-state index < -0.39 is 0 Å². The highest BCUT2D eigenvalue weighted by atomic mass is 16.1. The highest BCUT2D eigenvalue weighted by Crippen LogP contribution is 2.17. The molecule has 3 heterocycles. The molecule has 0 atom stereocenters. The molecule has 1 saturated heterocycles. The number of imidazole rings is 1. The summed E-state index contributed by atoms with van der Waals surface area (Å²) in [6.45, 7) is 3.34. The molecule has 6 nitrogen and oxygen atoms in total. The first-order valence-corrected chi connectivity index (χ1v) is 8.70. The lowest BCUT2D eigenvalue weighted by molar-refractivity contribution is 0.102. The molecular weight excluding hydrogens is 314 g/mol. The predicted molar refractivity (Wildman–Crippen MR) is 97.4 cm³/mol. The number of nitrogens with one attached hydrogen (secondary N) is 2. The Morgan fingerprint density at radius 1 is 1.08 bits per heavy atom. The number of benzene rings is 1. The topological polar surface area (TPSA) is 73.9 Å². The van der Waals surface area contributed by atoms with E-state index in [0.717, 1.165) is 12.2 Å². The average molecular weight is 335 g/mol. The van der Waals surface area contributed by atoms with Gasteiger partial charge in [-0.3, -0.25) is 9.69 Å². The van der Waals surface area contributed by atoms with Crippen molar-refractivity contribution in [2.45, 2.75) is 25.8 Å². The Bertz CT molecular complexity index is 865. The van der Waals surface area contributed by atoms with E-state index in [-0.39, 0.29) is 5.91 Å². The maximum Gasteiger partial charge on any atom is 0.257 e. The summed E-state index contributed by atoms with van der Waals surface area (Å²) in [5.41, 5.74) is 3.81. The Hall–Kier alpha value is -2.73. The standard InChI is InChI=1S/C19H21N5O/c25-19(16-8-9-20-18-17(16)21-13-22-18)23-15-6-4-14(5-7-15)12-24-10-2-1-3-11-24/h4-9,13H,1-3,10-12H2,(H,23,25)(H,20,21,22). The van der Waals surface area contributed by atoms with Gasteiger partial charge in [-0.1, -0.05) is 18.6 Å². The fraction of sp³-hybridized carbons (Fsp3) is 0.316. The molecule has 1 fully saturated rings. The van der Waals surface area contributed by atoms with E-state index >= 15 is 0 Å². The Kier molecular flexibility index (Phi) is 4.43. The second-order valence-electron chi connectivity index (χ2n) is 6.45. The van der Waals surface area contributed by atoms with Crippen LogP contribution in [0.3, 0.4) is 0 Å². The molecule has 128 valence electrons. The summed E-state index contributed by atoms with van der Waals surface area (Å²) in [4.78, 5) is 26.2. The van der Waals surface area contributed by atoms with Crippen LogP contribution in [0.2, 0.25) is 0 Å². The fourth-order valence-electron chi connectivity index (χ4n) is 3.31. The van der Waals surface area contributed by atoms with Crippen molar-refractivity contribution in [3.63, 3.8) is 0 Å². The molecule has 0 saturated carbocycles. The van der Waals surface area contributed by atoms with Gasteiger partial charge in [0.25, 0.3) is 5.91 Å². The van der Waals surface area contributed by atoms with Crippen molar-refractivity contribution in [2.24, 2.45) is 0 Å². The van der Waals surface area contributed by atoms with Gasteiger partial charge in [0.2, 0.25) is 0 Å². The molecule has 0 unspecified atom stereocenters. The second kappa shape index (κ2) is 7.03. The number of hydrogen-bond donors (Lipinski definition) is 2. The predicted octanol–water partition coefficient (Wildman–Crippen LogP) is 3.20. The van der Waals surface area contributed by atoms with E-state index in [1.54, 1.807) is 18.6 Å². The molecule has 0 aliphatic carbocycles. The molecule has 3 aromatic rings. The lowest BCUT2D eigenvalue weighted by Gasteiger charge is -2.26. The van der Waals surface area contributed by atoms with E-state index in [0.29, 0.717) is 16.7 Å². The maximum absolute atomic E-state index is 12.5. The van der Waals surface area contributed by atoms with Crippen molar-refractivity contribution in [3.05, 3.63) is 54.0 Å². The van der Waals surface area contributed by atoms with Gasteiger partial charge < -0.3 is 10.3 Å². The number of fused-ring (bicyclic) bond motifs is 1. The summed E-state index contributed by atoms with van der Waals surface area (Å²) < 4.78 is 0. The molecule has 1 aromatic carbocycles. The Labute approximate surface area is 146 Å². The highest BCUT2D eigenvalue weighted by molar-refractivity contribution is 6.10. The first-order chi connectivity index (χ1) is 12.3. The van der Waals surface area contributed by atoms with Crippen molar-refractivity contribution in [3.8, 4) is 0 Å². The van der Waals surface area contributed by atoms with Crippen LogP contribution in [0.15, 0.2) is 42.9 Å². The first kappa shape index (κ1) is 15.8. The Morgan fingerprint density at radius 2 is 1.88 bits per heavy atom. The number of carbonyl (C=O) groups excluding carboxylic acids is 1. The van der Waals surface area contributed by atoms with Crippen molar-refractivity contribution in [2.75, 3.05) is 18.4 Å². The summed E-state index contributed by atoms with van der Waals surface area (Å²) in [6, 6.07) is 9.79. The minimum Gasteiger partial charge on any atom is -0.343 e. The van der Waals surface area contributed by atoms with Gasteiger partial charge in [0.1, 0.15) is 0 Å². The minimum atomic E-state index is -0.166. The number of amides is 1. The molecule has 2 aromatic heterocycles. The summed E-state index contributed by atoms with van der Waals surface area (Å²) in [5, 5.41) is 2.94. The monoisotopic (exact) mass is 335 g/mol. The average Bonchev–Trinajstić information content (AvgIpc) is 3.13. The minimum absolute atomic E-state index is 0.166. The molecule has 0 bridgehead atoms. The van der Waals surface area contributed by atoms with Gasteiger partial charge in [-0.15, -0.1) is 0 Å². The van der Waals surface area contributed by atoms with Gasteiger partial charge in [0.15, 0.2) is 5.65 Å². The van der Waals surface area contributed by atoms with Crippen LogP contribution in [-0.2, 0) is 6.54 Å². The van der Waals surface area contributed by atoms with Gasteiger partial charge in [0.05, 0.1) is 17.4 Å². The fourth-order valence-corrected chi connectivity index (χ4v) is 3.31. The SMILES string of the molecule is O=C(Nc1ccc(CN2CCCCC2)cc1)c1ccnc2nc[nH]c12. The van der Waals surface area contributed by atoms with Gasteiger partial charge in [-0.05, 0) is 49.7 Å². The smallest absolute Gasteiger partial charge is 0.257 e. The number of aromatic amines is 1. The quantitative estimate of drug-likeness (QED) is 0.768. The van der Waals surface area contributed by atoms with Gasteiger partial charge >= 0.3 is 0 Å². The molecule has 1 amide bonds. The van der Waals surface area contributed by atoms with Crippen LogP contribution < -0.4 is 5.32 Å². The van der Waals surface area contributed by atoms with Gasteiger partial charge in [-0.25, -0.2) is 9.97 Å². The number of piperidine rings is 1. The van der Waals surface area contributed by atoms with E-state index in [2.05, 4.69) is 37.3 Å². The van der Waals surface area contributed by atoms with Crippen LogP contribution in [0, 0.1) is 0 Å².